The van der Waals surface area contributed by atoms with Crippen molar-refractivity contribution in [3.05, 3.63) is 42.0 Å². The summed E-state index contributed by atoms with van der Waals surface area (Å²) in [6, 6.07) is 9.81. The Labute approximate surface area is 155 Å². The minimum Gasteiger partial charge on any atom is -0.459 e. The highest BCUT2D eigenvalue weighted by Crippen LogP contribution is 2.21. The Bertz CT molecular complexity index is 911. The number of fused-ring (bicyclic) bond motifs is 1. The van der Waals surface area contributed by atoms with Gasteiger partial charge in [0.25, 0.3) is 0 Å². The Morgan fingerprint density at radius 3 is 2.19 bits per heavy atom. The van der Waals surface area contributed by atoms with Crippen LogP contribution in [0.5, 0.6) is 0 Å². The maximum Gasteiger partial charge on any atom is 0.324 e. The molecule has 0 aliphatic carbocycles. The summed E-state index contributed by atoms with van der Waals surface area (Å²) in [7, 11) is -3.86. The van der Waals surface area contributed by atoms with Crippen molar-refractivity contribution in [1.82, 2.24) is 4.72 Å². The summed E-state index contributed by atoms with van der Waals surface area (Å²) in [5.41, 5.74) is 0.423. The Morgan fingerprint density at radius 1 is 1.04 bits per heavy atom. The van der Waals surface area contributed by atoms with Crippen LogP contribution in [0.4, 0.5) is 0 Å². The number of esters is 1. The van der Waals surface area contributed by atoms with Crippen molar-refractivity contribution in [2.45, 2.75) is 58.1 Å². The first-order chi connectivity index (χ1) is 11.9. The molecule has 5 nitrogen and oxygen atoms in total. The lowest BCUT2D eigenvalue weighted by atomic mass is 10.1. The van der Waals surface area contributed by atoms with E-state index in [-0.39, 0.29) is 10.8 Å². The molecule has 0 unspecified atom stereocenters. The van der Waals surface area contributed by atoms with E-state index in [9.17, 15) is 13.2 Å². The van der Waals surface area contributed by atoms with E-state index in [0.29, 0.717) is 0 Å². The zero-order chi connectivity index (χ0) is 19.7. The molecule has 0 heterocycles. The van der Waals surface area contributed by atoms with Crippen LogP contribution < -0.4 is 4.72 Å². The lowest BCUT2D eigenvalue weighted by Gasteiger charge is -2.26. The molecular weight excluding hydrogens is 350 g/mol. The van der Waals surface area contributed by atoms with Crippen molar-refractivity contribution in [3.63, 3.8) is 0 Å². The van der Waals surface area contributed by atoms with Crippen LogP contribution in [0.3, 0.4) is 0 Å². The molecule has 6 heteroatoms. The molecule has 0 radical (unpaired) electrons. The van der Waals surface area contributed by atoms with Gasteiger partial charge in [-0.05, 0) is 56.5 Å². The van der Waals surface area contributed by atoms with Gasteiger partial charge >= 0.3 is 5.97 Å². The third-order valence-electron chi connectivity index (χ3n) is 3.89. The van der Waals surface area contributed by atoms with Gasteiger partial charge in [0.05, 0.1) is 4.90 Å². The first-order valence-corrected chi connectivity index (χ1v) is 10.1. The van der Waals surface area contributed by atoms with Crippen molar-refractivity contribution in [1.29, 1.82) is 0 Å². The van der Waals surface area contributed by atoms with Gasteiger partial charge in [-0.1, -0.05) is 43.7 Å². The SMILES string of the molecule is Cc1ccc2cc(S(=O)(=O)N[C@@H](C(=O)OC(C)(C)C)C(C)C)ccc2c1. The summed E-state index contributed by atoms with van der Waals surface area (Å²) in [5, 5.41) is 1.80. The summed E-state index contributed by atoms with van der Waals surface area (Å²) < 4.78 is 33.5. The van der Waals surface area contributed by atoms with E-state index in [4.69, 9.17) is 4.74 Å². The fourth-order valence-corrected chi connectivity index (χ4v) is 3.94. The largest absolute Gasteiger partial charge is 0.459 e. The van der Waals surface area contributed by atoms with Crippen LogP contribution in [-0.2, 0) is 19.6 Å². The molecule has 0 aliphatic rings. The average Bonchev–Trinajstić information content (AvgIpc) is 2.50. The number of nitrogens with one attached hydrogen (secondary N) is 1. The Morgan fingerprint density at radius 2 is 1.62 bits per heavy atom. The summed E-state index contributed by atoms with van der Waals surface area (Å²) >= 11 is 0. The molecule has 2 rings (SSSR count). The van der Waals surface area contributed by atoms with Gasteiger partial charge in [0, 0.05) is 0 Å². The van der Waals surface area contributed by atoms with Crippen LogP contribution in [0.1, 0.15) is 40.2 Å². The van der Waals surface area contributed by atoms with Crippen LogP contribution in [-0.4, -0.2) is 26.0 Å². The highest BCUT2D eigenvalue weighted by molar-refractivity contribution is 7.89. The zero-order valence-electron chi connectivity index (χ0n) is 16.2. The lowest BCUT2D eigenvalue weighted by Crippen LogP contribution is -2.47. The Hall–Kier alpha value is -1.92. The number of benzene rings is 2. The second-order valence-electron chi connectivity index (χ2n) is 7.89. The summed E-state index contributed by atoms with van der Waals surface area (Å²) in [6.45, 7) is 10.8. The molecule has 0 bridgehead atoms. The number of hydrogen-bond acceptors (Lipinski definition) is 4. The van der Waals surface area contributed by atoms with Crippen molar-refractivity contribution in [2.24, 2.45) is 5.92 Å². The molecule has 1 N–H and O–H groups in total. The number of sulfonamides is 1. The standard InChI is InChI=1S/C20H27NO4S/c1-13(2)18(19(22)25-20(4,5)6)21-26(23,24)17-10-9-15-11-14(3)7-8-16(15)12-17/h7-13,18,21H,1-6H3/t18-/m1/s1. The predicted molar refractivity (Wildman–Crippen MR) is 103 cm³/mol. The molecule has 1 atom stereocenters. The lowest BCUT2D eigenvalue weighted by molar-refractivity contribution is -0.158. The molecule has 0 fully saturated rings. The van der Waals surface area contributed by atoms with Crippen LogP contribution in [0.15, 0.2) is 41.3 Å². The van der Waals surface area contributed by atoms with E-state index in [1.807, 2.05) is 25.1 Å². The smallest absolute Gasteiger partial charge is 0.324 e. The van der Waals surface area contributed by atoms with Crippen LogP contribution >= 0.6 is 0 Å². The normalized spacial score (nSPS) is 13.8. The number of aryl methyl sites for hydroxylation is 1. The van der Waals surface area contributed by atoms with E-state index < -0.39 is 27.6 Å². The highest BCUT2D eigenvalue weighted by Gasteiger charge is 2.32. The van der Waals surface area contributed by atoms with Gasteiger partial charge in [0.1, 0.15) is 11.6 Å². The predicted octanol–water partition coefficient (Wildman–Crippen LogP) is 3.79. The topological polar surface area (TPSA) is 72.5 Å². The molecule has 0 saturated heterocycles. The fraction of sp³-hybridized carbons (Fsp3) is 0.450. The van der Waals surface area contributed by atoms with E-state index >= 15 is 0 Å². The molecule has 0 aliphatic heterocycles. The number of carbonyl (C=O) groups excluding carboxylic acids is 1. The number of ether oxygens (including phenoxy) is 1. The van der Waals surface area contributed by atoms with E-state index in [0.717, 1.165) is 16.3 Å². The monoisotopic (exact) mass is 377 g/mol. The second-order valence-corrected chi connectivity index (χ2v) is 9.60. The van der Waals surface area contributed by atoms with E-state index in [2.05, 4.69) is 4.72 Å². The maximum atomic E-state index is 12.8. The minimum absolute atomic E-state index is 0.128. The maximum absolute atomic E-state index is 12.8. The van der Waals surface area contributed by atoms with Crippen LogP contribution in [0, 0.1) is 12.8 Å². The van der Waals surface area contributed by atoms with Gasteiger partial charge in [-0.2, -0.15) is 4.72 Å². The van der Waals surface area contributed by atoms with Gasteiger partial charge in [-0.15, -0.1) is 0 Å². The van der Waals surface area contributed by atoms with E-state index in [1.165, 1.54) is 0 Å². The Kier molecular flexibility index (Phi) is 5.78. The molecule has 142 valence electrons. The van der Waals surface area contributed by atoms with Crippen molar-refractivity contribution < 1.29 is 17.9 Å². The molecule has 0 amide bonds. The van der Waals surface area contributed by atoms with Gasteiger partial charge in [-0.3, -0.25) is 4.79 Å². The number of rotatable bonds is 5. The van der Waals surface area contributed by atoms with Crippen molar-refractivity contribution >= 4 is 26.8 Å². The van der Waals surface area contributed by atoms with Gasteiger partial charge in [0.2, 0.25) is 10.0 Å². The quantitative estimate of drug-likeness (QED) is 0.805. The summed E-state index contributed by atoms with van der Waals surface area (Å²) in [4.78, 5) is 12.5. The zero-order valence-corrected chi connectivity index (χ0v) is 17.0. The van der Waals surface area contributed by atoms with Gasteiger partial charge in [0.15, 0.2) is 0 Å². The Balaban J connectivity index is 2.33. The number of carbonyl (C=O) groups is 1. The third kappa shape index (κ3) is 5.05. The third-order valence-corrected chi connectivity index (χ3v) is 5.33. The highest BCUT2D eigenvalue weighted by atomic mass is 32.2. The molecule has 2 aromatic carbocycles. The second kappa shape index (κ2) is 7.37. The molecule has 26 heavy (non-hydrogen) atoms. The van der Waals surface area contributed by atoms with Crippen molar-refractivity contribution in [3.8, 4) is 0 Å². The van der Waals surface area contributed by atoms with Gasteiger partial charge in [-0.25, -0.2) is 8.42 Å². The fourth-order valence-electron chi connectivity index (χ4n) is 2.57. The van der Waals surface area contributed by atoms with Gasteiger partial charge < -0.3 is 4.74 Å². The molecular formula is C20H27NO4S. The minimum atomic E-state index is -3.86. The summed E-state index contributed by atoms with van der Waals surface area (Å²) in [6.07, 6.45) is 0. The number of hydrogen-bond donors (Lipinski definition) is 1. The van der Waals surface area contributed by atoms with Crippen molar-refractivity contribution in [2.75, 3.05) is 0 Å². The van der Waals surface area contributed by atoms with E-state index in [1.54, 1.807) is 52.8 Å². The average molecular weight is 378 g/mol. The molecule has 0 aromatic heterocycles. The molecule has 0 spiro atoms. The first kappa shape index (κ1) is 20.4. The molecule has 0 saturated carbocycles. The van der Waals surface area contributed by atoms with Crippen LogP contribution in [0.25, 0.3) is 10.8 Å². The van der Waals surface area contributed by atoms with Crippen LogP contribution in [0.2, 0.25) is 0 Å². The summed E-state index contributed by atoms with van der Waals surface area (Å²) in [5.74, 6) is -0.824. The first-order valence-electron chi connectivity index (χ1n) is 8.65. The molecule has 2 aromatic rings.